The van der Waals surface area contributed by atoms with Crippen molar-refractivity contribution in [1.82, 2.24) is 14.6 Å². The molecular formula is C9H9ClN4O3. The zero-order valence-corrected chi connectivity index (χ0v) is 9.24. The molecular weight excluding hydrogens is 248 g/mol. The average molecular weight is 257 g/mol. The van der Waals surface area contributed by atoms with Gasteiger partial charge in [0.2, 0.25) is 5.91 Å². The van der Waals surface area contributed by atoms with E-state index in [2.05, 4.69) is 10.1 Å². The maximum absolute atomic E-state index is 10.8. The van der Waals surface area contributed by atoms with Crippen LogP contribution in [0.2, 0.25) is 5.15 Å². The second-order valence-electron chi connectivity index (χ2n) is 3.40. The first-order valence-electron chi connectivity index (χ1n) is 4.66. The van der Waals surface area contributed by atoms with E-state index in [1.165, 1.54) is 16.8 Å². The SMILES string of the molecule is NC(=O)C(O)C(O)c1cnc2ccc(Cl)nn12. The molecule has 2 aromatic rings. The molecule has 2 aromatic heterocycles. The van der Waals surface area contributed by atoms with Gasteiger partial charge in [0.25, 0.3) is 0 Å². The van der Waals surface area contributed by atoms with Crippen LogP contribution in [-0.2, 0) is 4.79 Å². The normalized spacial score (nSPS) is 14.8. The maximum atomic E-state index is 10.8. The summed E-state index contributed by atoms with van der Waals surface area (Å²) in [5.74, 6) is -1.03. The Labute approximate surface area is 100 Å². The molecule has 7 nitrogen and oxygen atoms in total. The van der Waals surface area contributed by atoms with Gasteiger partial charge in [-0.3, -0.25) is 4.79 Å². The third kappa shape index (κ3) is 2.07. The topological polar surface area (TPSA) is 114 Å². The summed E-state index contributed by atoms with van der Waals surface area (Å²) in [5.41, 5.74) is 5.46. The van der Waals surface area contributed by atoms with Crippen LogP contribution in [0.4, 0.5) is 0 Å². The van der Waals surface area contributed by atoms with E-state index in [9.17, 15) is 15.0 Å². The highest BCUT2D eigenvalue weighted by Gasteiger charge is 2.26. The quantitative estimate of drug-likeness (QED) is 0.669. The summed E-state index contributed by atoms with van der Waals surface area (Å²) in [4.78, 5) is 14.7. The number of primary amides is 1. The van der Waals surface area contributed by atoms with Crippen LogP contribution in [-0.4, -0.2) is 36.8 Å². The molecule has 2 unspecified atom stereocenters. The molecule has 0 radical (unpaired) electrons. The summed E-state index contributed by atoms with van der Waals surface area (Å²) in [6.07, 6.45) is -1.95. The van der Waals surface area contributed by atoms with Gasteiger partial charge in [-0.05, 0) is 12.1 Å². The van der Waals surface area contributed by atoms with E-state index in [1.807, 2.05) is 0 Å². The van der Waals surface area contributed by atoms with E-state index in [0.29, 0.717) is 5.65 Å². The van der Waals surface area contributed by atoms with Crippen LogP contribution >= 0.6 is 11.6 Å². The molecule has 8 heteroatoms. The van der Waals surface area contributed by atoms with Crippen molar-refractivity contribution in [2.75, 3.05) is 0 Å². The number of hydrogen-bond donors (Lipinski definition) is 3. The zero-order chi connectivity index (χ0) is 12.6. The lowest BCUT2D eigenvalue weighted by molar-refractivity contribution is -0.132. The van der Waals surface area contributed by atoms with Gasteiger partial charge in [-0.15, -0.1) is 0 Å². The predicted octanol–water partition coefficient (Wildman–Crippen LogP) is -0.738. The molecule has 0 saturated heterocycles. The van der Waals surface area contributed by atoms with E-state index in [0.717, 1.165) is 0 Å². The minimum atomic E-state index is -1.73. The van der Waals surface area contributed by atoms with E-state index in [1.54, 1.807) is 6.07 Å². The van der Waals surface area contributed by atoms with Gasteiger partial charge in [-0.2, -0.15) is 5.10 Å². The molecule has 0 aliphatic rings. The Morgan fingerprint density at radius 3 is 2.82 bits per heavy atom. The summed E-state index contributed by atoms with van der Waals surface area (Å²) >= 11 is 5.70. The summed E-state index contributed by atoms with van der Waals surface area (Å²) < 4.78 is 1.24. The van der Waals surface area contributed by atoms with Crippen LogP contribution in [0.25, 0.3) is 5.65 Å². The largest absolute Gasteiger partial charge is 0.383 e. The number of aliphatic hydroxyl groups excluding tert-OH is 2. The van der Waals surface area contributed by atoms with Gasteiger partial charge in [-0.25, -0.2) is 9.50 Å². The number of fused-ring (bicyclic) bond motifs is 1. The van der Waals surface area contributed by atoms with Crippen molar-refractivity contribution >= 4 is 23.2 Å². The number of nitrogens with two attached hydrogens (primary N) is 1. The Hall–Kier alpha value is -1.70. The fourth-order valence-corrected chi connectivity index (χ4v) is 1.53. The second-order valence-corrected chi connectivity index (χ2v) is 3.79. The third-order valence-electron chi connectivity index (χ3n) is 2.25. The lowest BCUT2D eigenvalue weighted by atomic mass is 10.1. The molecule has 90 valence electrons. The number of aliphatic hydroxyl groups is 2. The monoisotopic (exact) mass is 256 g/mol. The first kappa shape index (κ1) is 11.8. The standard InChI is InChI=1S/C9H9ClN4O3/c10-5-1-2-6-12-3-4(14(6)13-5)7(15)8(16)9(11)17/h1-3,7-8,15-16H,(H2,11,17). The van der Waals surface area contributed by atoms with Crippen molar-refractivity contribution in [3.8, 4) is 0 Å². The first-order chi connectivity index (χ1) is 8.00. The Bertz CT molecular complexity index is 570. The van der Waals surface area contributed by atoms with E-state index in [4.69, 9.17) is 17.3 Å². The highest BCUT2D eigenvalue weighted by atomic mass is 35.5. The van der Waals surface area contributed by atoms with Crippen LogP contribution in [0.3, 0.4) is 0 Å². The average Bonchev–Trinajstić information content (AvgIpc) is 2.69. The van der Waals surface area contributed by atoms with Crippen LogP contribution in [0.5, 0.6) is 0 Å². The smallest absolute Gasteiger partial charge is 0.249 e. The third-order valence-corrected chi connectivity index (χ3v) is 2.45. The molecule has 0 saturated carbocycles. The summed E-state index contributed by atoms with van der Waals surface area (Å²) in [5, 5.41) is 23.2. The van der Waals surface area contributed by atoms with Crippen molar-refractivity contribution in [3.63, 3.8) is 0 Å². The van der Waals surface area contributed by atoms with Gasteiger partial charge in [-0.1, -0.05) is 11.6 Å². The van der Waals surface area contributed by atoms with E-state index < -0.39 is 18.1 Å². The number of halogens is 1. The molecule has 2 heterocycles. The van der Waals surface area contributed by atoms with Gasteiger partial charge in [0.15, 0.2) is 11.8 Å². The maximum Gasteiger partial charge on any atom is 0.249 e. The van der Waals surface area contributed by atoms with E-state index >= 15 is 0 Å². The van der Waals surface area contributed by atoms with E-state index in [-0.39, 0.29) is 10.8 Å². The Morgan fingerprint density at radius 1 is 1.47 bits per heavy atom. The highest BCUT2D eigenvalue weighted by Crippen LogP contribution is 2.18. The molecule has 0 fully saturated rings. The molecule has 4 N–H and O–H groups in total. The molecule has 2 rings (SSSR count). The van der Waals surface area contributed by atoms with Crippen molar-refractivity contribution in [1.29, 1.82) is 0 Å². The summed E-state index contributed by atoms with van der Waals surface area (Å²) in [6, 6.07) is 3.12. The molecule has 17 heavy (non-hydrogen) atoms. The fourth-order valence-electron chi connectivity index (χ4n) is 1.39. The molecule has 0 bridgehead atoms. The summed E-state index contributed by atoms with van der Waals surface area (Å²) in [7, 11) is 0. The number of nitrogens with zero attached hydrogens (tertiary/aromatic N) is 3. The zero-order valence-electron chi connectivity index (χ0n) is 8.49. The number of carbonyl (C=O) groups is 1. The minimum Gasteiger partial charge on any atom is -0.383 e. The molecule has 2 atom stereocenters. The first-order valence-corrected chi connectivity index (χ1v) is 5.04. The number of amides is 1. The highest BCUT2D eigenvalue weighted by molar-refractivity contribution is 6.29. The van der Waals surface area contributed by atoms with Crippen LogP contribution in [0, 0.1) is 0 Å². The van der Waals surface area contributed by atoms with Crippen LogP contribution < -0.4 is 5.73 Å². The number of carbonyl (C=O) groups excluding carboxylic acids is 1. The Balaban J connectivity index is 2.48. The van der Waals surface area contributed by atoms with Gasteiger partial charge in [0.05, 0.1) is 11.9 Å². The molecule has 0 aromatic carbocycles. The number of rotatable bonds is 3. The van der Waals surface area contributed by atoms with Crippen molar-refractivity contribution in [3.05, 3.63) is 29.2 Å². The van der Waals surface area contributed by atoms with Crippen molar-refractivity contribution in [2.45, 2.75) is 12.2 Å². The molecule has 1 amide bonds. The second kappa shape index (κ2) is 4.28. The number of aromatic nitrogens is 3. The number of imidazole rings is 1. The Morgan fingerprint density at radius 2 is 2.18 bits per heavy atom. The molecule has 0 spiro atoms. The van der Waals surface area contributed by atoms with Gasteiger partial charge >= 0.3 is 0 Å². The lowest BCUT2D eigenvalue weighted by Crippen LogP contribution is -2.34. The van der Waals surface area contributed by atoms with Gasteiger partial charge in [0.1, 0.15) is 11.3 Å². The van der Waals surface area contributed by atoms with Gasteiger partial charge in [0, 0.05) is 0 Å². The molecule has 0 aliphatic carbocycles. The number of hydrogen-bond acceptors (Lipinski definition) is 5. The van der Waals surface area contributed by atoms with Crippen LogP contribution in [0.1, 0.15) is 11.8 Å². The van der Waals surface area contributed by atoms with Crippen LogP contribution in [0.15, 0.2) is 18.3 Å². The van der Waals surface area contributed by atoms with Crippen molar-refractivity contribution in [2.24, 2.45) is 5.73 Å². The summed E-state index contributed by atoms with van der Waals surface area (Å²) in [6.45, 7) is 0. The van der Waals surface area contributed by atoms with Crippen molar-refractivity contribution < 1.29 is 15.0 Å². The fraction of sp³-hybridized carbons (Fsp3) is 0.222. The predicted molar refractivity (Wildman–Crippen MR) is 58.2 cm³/mol. The van der Waals surface area contributed by atoms with Gasteiger partial charge < -0.3 is 15.9 Å². The lowest BCUT2D eigenvalue weighted by Gasteiger charge is -2.13. The molecule has 0 aliphatic heterocycles. The minimum absolute atomic E-state index is 0.133. The Kier molecular flexibility index (Phi) is 2.97.